The Morgan fingerprint density at radius 1 is 1.30 bits per heavy atom. The predicted octanol–water partition coefficient (Wildman–Crippen LogP) is 2.59. The van der Waals surface area contributed by atoms with Crippen molar-refractivity contribution in [3.8, 4) is 0 Å². The number of hydrogen-bond donors (Lipinski definition) is 2. The van der Waals surface area contributed by atoms with E-state index >= 15 is 0 Å². The molecule has 3 N–H and O–H groups in total. The molecule has 1 fully saturated rings. The first kappa shape index (κ1) is 23.0. The lowest BCUT2D eigenvalue weighted by atomic mass is 9.94. The number of alkyl carbamates (subject to hydrolysis) is 1. The quantitative estimate of drug-likeness (QED) is 0.498. The standard InChI is InChI=1S/C20H35N3O4/c1-7-8-9-10-11-15(22-19(26)27-20(4,5)6)18(25)23-12-13(2)14(3)16(23)17(21)24/h7,13-16H,1,8-12H2,2-6H3,(H2,21,24)(H,22,26)/t13-,14?,15-,16-/m0/s1. The summed E-state index contributed by atoms with van der Waals surface area (Å²) in [7, 11) is 0. The minimum absolute atomic E-state index is 0.0191. The van der Waals surface area contributed by atoms with Gasteiger partial charge in [0.1, 0.15) is 17.7 Å². The molecule has 0 radical (unpaired) electrons. The van der Waals surface area contributed by atoms with Crippen LogP contribution in [0.1, 0.15) is 60.3 Å². The van der Waals surface area contributed by atoms with Crippen molar-refractivity contribution in [3.63, 3.8) is 0 Å². The van der Waals surface area contributed by atoms with Crippen LogP contribution in [-0.2, 0) is 14.3 Å². The van der Waals surface area contributed by atoms with E-state index in [1.165, 1.54) is 4.90 Å². The molecule has 0 bridgehead atoms. The summed E-state index contributed by atoms with van der Waals surface area (Å²) in [4.78, 5) is 38.8. The van der Waals surface area contributed by atoms with Crippen LogP contribution in [0, 0.1) is 11.8 Å². The molecule has 154 valence electrons. The number of amides is 3. The average Bonchev–Trinajstić information content (AvgIpc) is 2.83. The van der Waals surface area contributed by atoms with E-state index in [1.807, 2.05) is 19.9 Å². The Bertz CT molecular complexity index is 556. The number of allylic oxidation sites excluding steroid dienone is 1. The van der Waals surface area contributed by atoms with Gasteiger partial charge >= 0.3 is 6.09 Å². The van der Waals surface area contributed by atoms with Crippen LogP contribution in [0.3, 0.4) is 0 Å². The zero-order chi connectivity index (χ0) is 20.8. The van der Waals surface area contributed by atoms with Gasteiger partial charge in [0, 0.05) is 6.54 Å². The zero-order valence-corrected chi connectivity index (χ0v) is 17.3. The van der Waals surface area contributed by atoms with Crippen LogP contribution in [0.5, 0.6) is 0 Å². The maximum Gasteiger partial charge on any atom is 0.408 e. The van der Waals surface area contributed by atoms with Gasteiger partial charge in [-0.2, -0.15) is 0 Å². The number of nitrogens with one attached hydrogen (secondary N) is 1. The number of rotatable bonds is 8. The lowest BCUT2D eigenvalue weighted by Crippen LogP contribution is -2.54. The highest BCUT2D eigenvalue weighted by atomic mass is 16.6. The maximum absolute atomic E-state index is 13.1. The highest BCUT2D eigenvalue weighted by Crippen LogP contribution is 2.30. The van der Waals surface area contributed by atoms with E-state index in [4.69, 9.17) is 10.5 Å². The molecular formula is C20H35N3O4. The Balaban J connectivity index is 2.92. The average molecular weight is 382 g/mol. The molecule has 1 rings (SSSR count). The molecule has 1 heterocycles. The van der Waals surface area contributed by atoms with Crippen LogP contribution in [0.25, 0.3) is 0 Å². The number of primary amides is 1. The van der Waals surface area contributed by atoms with Crippen LogP contribution in [0.15, 0.2) is 12.7 Å². The van der Waals surface area contributed by atoms with E-state index in [2.05, 4.69) is 11.9 Å². The fraction of sp³-hybridized carbons (Fsp3) is 0.750. The van der Waals surface area contributed by atoms with E-state index in [1.54, 1.807) is 20.8 Å². The van der Waals surface area contributed by atoms with Crippen molar-refractivity contribution in [3.05, 3.63) is 12.7 Å². The largest absolute Gasteiger partial charge is 0.444 e. The Morgan fingerprint density at radius 3 is 2.44 bits per heavy atom. The second-order valence-corrected chi connectivity index (χ2v) is 8.45. The number of nitrogens with two attached hydrogens (primary N) is 1. The van der Waals surface area contributed by atoms with Gasteiger partial charge in [-0.05, 0) is 51.9 Å². The summed E-state index contributed by atoms with van der Waals surface area (Å²) in [5.74, 6) is -0.647. The fourth-order valence-corrected chi connectivity index (χ4v) is 3.37. The first-order chi connectivity index (χ1) is 12.5. The third-order valence-corrected chi connectivity index (χ3v) is 4.93. The van der Waals surface area contributed by atoms with Crippen LogP contribution in [-0.4, -0.2) is 47.0 Å². The van der Waals surface area contributed by atoms with Gasteiger partial charge in [0.15, 0.2) is 0 Å². The van der Waals surface area contributed by atoms with Crippen molar-refractivity contribution >= 4 is 17.9 Å². The predicted molar refractivity (Wildman–Crippen MR) is 105 cm³/mol. The molecule has 0 saturated carbocycles. The summed E-state index contributed by atoms with van der Waals surface area (Å²) in [5, 5.41) is 2.69. The third kappa shape index (κ3) is 6.88. The lowest BCUT2D eigenvalue weighted by molar-refractivity contribution is -0.139. The number of carbonyl (C=O) groups is 3. The minimum Gasteiger partial charge on any atom is -0.444 e. The number of carbonyl (C=O) groups excluding carboxylic acids is 3. The fourth-order valence-electron chi connectivity index (χ4n) is 3.37. The van der Waals surface area contributed by atoms with Gasteiger partial charge in [0.25, 0.3) is 0 Å². The molecule has 27 heavy (non-hydrogen) atoms. The van der Waals surface area contributed by atoms with Gasteiger partial charge in [-0.15, -0.1) is 6.58 Å². The van der Waals surface area contributed by atoms with Crippen LogP contribution in [0.4, 0.5) is 4.79 Å². The van der Waals surface area contributed by atoms with Gasteiger partial charge in [-0.1, -0.05) is 26.3 Å². The molecular weight excluding hydrogens is 346 g/mol. The first-order valence-electron chi connectivity index (χ1n) is 9.68. The number of unbranched alkanes of at least 4 members (excludes halogenated alkanes) is 2. The Labute approximate surface area is 162 Å². The molecule has 3 amide bonds. The van der Waals surface area contributed by atoms with Gasteiger partial charge in [-0.25, -0.2) is 4.79 Å². The molecule has 7 nitrogen and oxygen atoms in total. The highest BCUT2D eigenvalue weighted by molar-refractivity contribution is 5.91. The summed E-state index contributed by atoms with van der Waals surface area (Å²) in [6.45, 7) is 13.4. The Kier molecular flexibility index (Phi) is 8.31. The summed E-state index contributed by atoms with van der Waals surface area (Å²) in [5.41, 5.74) is 4.89. The topological polar surface area (TPSA) is 102 Å². The molecule has 0 aromatic rings. The maximum atomic E-state index is 13.1. The molecule has 0 aromatic carbocycles. The molecule has 1 unspecified atom stereocenters. The molecule has 0 aliphatic carbocycles. The smallest absolute Gasteiger partial charge is 0.408 e. The number of likely N-dealkylation sites (tertiary alicyclic amines) is 1. The number of ether oxygens (including phenoxy) is 1. The summed E-state index contributed by atoms with van der Waals surface area (Å²) in [6.07, 6.45) is 4.12. The van der Waals surface area contributed by atoms with Crippen LogP contribution < -0.4 is 11.1 Å². The van der Waals surface area contributed by atoms with Gasteiger partial charge < -0.3 is 20.7 Å². The van der Waals surface area contributed by atoms with E-state index in [0.29, 0.717) is 13.0 Å². The second-order valence-electron chi connectivity index (χ2n) is 8.45. The van der Waals surface area contributed by atoms with Crippen molar-refractivity contribution in [2.24, 2.45) is 17.6 Å². The second kappa shape index (κ2) is 9.76. The summed E-state index contributed by atoms with van der Waals surface area (Å²) in [6, 6.07) is -1.40. The van der Waals surface area contributed by atoms with Crippen molar-refractivity contribution in [1.29, 1.82) is 0 Å². The number of nitrogens with zero attached hydrogens (tertiary/aromatic N) is 1. The molecule has 0 spiro atoms. The van der Waals surface area contributed by atoms with Crippen molar-refractivity contribution < 1.29 is 19.1 Å². The van der Waals surface area contributed by atoms with E-state index < -0.39 is 29.7 Å². The third-order valence-electron chi connectivity index (χ3n) is 4.93. The number of hydrogen-bond acceptors (Lipinski definition) is 4. The molecule has 1 saturated heterocycles. The van der Waals surface area contributed by atoms with Crippen molar-refractivity contribution in [2.75, 3.05) is 6.54 Å². The Hall–Kier alpha value is -2.05. The monoisotopic (exact) mass is 381 g/mol. The van der Waals surface area contributed by atoms with Crippen molar-refractivity contribution in [2.45, 2.75) is 78.0 Å². The Morgan fingerprint density at radius 2 is 1.93 bits per heavy atom. The van der Waals surface area contributed by atoms with E-state index in [9.17, 15) is 14.4 Å². The molecule has 0 aromatic heterocycles. The normalized spacial score (nSPS) is 23.6. The molecule has 4 atom stereocenters. The van der Waals surface area contributed by atoms with Crippen LogP contribution in [0.2, 0.25) is 0 Å². The van der Waals surface area contributed by atoms with Gasteiger partial charge in [0.05, 0.1) is 0 Å². The van der Waals surface area contributed by atoms with E-state index in [0.717, 1.165) is 19.3 Å². The van der Waals surface area contributed by atoms with Gasteiger partial charge in [0.2, 0.25) is 11.8 Å². The zero-order valence-electron chi connectivity index (χ0n) is 17.3. The van der Waals surface area contributed by atoms with Gasteiger partial charge in [-0.3, -0.25) is 9.59 Å². The molecule has 7 heteroatoms. The van der Waals surface area contributed by atoms with Crippen molar-refractivity contribution in [1.82, 2.24) is 10.2 Å². The van der Waals surface area contributed by atoms with E-state index in [-0.39, 0.29) is 17.7 Å². The first-order valence-corrected chi connectivity index (χ1v) is 9.68. The summed E-state index contributed by atoms with van der Waals surface area (Å²) >= 11 is 0. The summed E-state index contributed by atoms with van der Waals surface area (Å²) < 4.78 is 5.30. The molecule has 1 aliphatic rings. The minimum atomic E-state index is -0.746. The van der Waals surface area contributed by atoms with Crippen LogP contribution >= 0.6 is 0 Å². The highest BCUT2D eigenvalue weighted by Gasteiger charge is 2.44. The molecule has 1 aliphatic heterocycles. The lowest BCUT2D eigenvalue weighted by Gasteiger charge is -2.29. The SMILES string of the molecule is C=CCCCC[C@H](NC(=O)OC(C)(C)C)C(=O)N1C[C@H](C)C(C)[C@H]1C(N)=O.